The molecular formula is C11H21N5O3. The lowest BCUT2D eigenvalue weighted by molar-refractivity contribution is -0.121. The largest absolute Gasteiger partial charge is 0.406 e. The molecule has 0 bridgehead atoms. The summed E-state index contributed by atoms with van der Waals surface area (Å²) in [4.78, 5) is 11.4. The van der Waals surface area contributed by atoms with Crippen molar-refractivity contribution in [3.8, 4) is 0 Å². The SMILES string of the molecule is CNC(C)c1nnc(NCCC(=O)NCCOC)o1. The van der Waals surface area contributed by atoms with Crippen LogP contribution in [-0.2, 0) is 9.53 Å². The molecule has 8 heteroatoms. The van der Waals surface area contributed by atoms with Gasteiger partial charge in [-0.15, -0.1) is 5.10 Å². The molecule has 0 aliphatic heterocycles. The van der Waals surface area contributed by atoms with Gasteiger partial charge in [-0.05, 0) is 14.0 Å². The van der Waals surface area contributed by atoms with E-state index in [0.29, 0.717) is 38.0 Å². The number of ether oxygens (including phenoxy) is 1. The van der Waals surface area contributed by atoms with Crippen molar-refractivity contribution in [2.75, 3.05) is 39.2 Å². The first-order valence-corrected chi connectivity index (χ1v) is 6.17. The summed E-state index contributed by atoms with van der Waals surface area (Å²) < 4.78 is 10.2. The minimum Gasteiger partial charge on any atom is -0.406 e. The van der Waals surface area contributed by atoms with Gasteiger partial charge in [-0.2, -0.15) is 0 Å². The maximum Gasteiger partial charge on any atom is 0.315 e. The topological polar surface area (TPSA) is 101 Å². The molecule has 0 radical (unpaired) electrons. The summed E-state index contributed by atoms with van der Waals surface area (Å²) in [5.74, 6) is 0.461. The number of hydrogen-bond acceptors (Lipinski definition) is 7. The van der Waals surface area contributed by atoms with Gasteiger partial charge in [-0.25, -0.2) is 0 Å². The summed E-state index contributed by atoms with van der Waals surface area (Å²) >= 11 is 0. The molecule has 1 rings (SSSR count). The van der Waals surface area contributed by atoms with E-state index in [0.717, 1.165) is 0 Å². The minimum atomic E-state index is -0.0483. The third-order valence-electron chi connectivity index (χ3n) is 2.50. The molecule has 1 amide bonds. The molecule has 0 aliphatic carbocycles. The van der Waals surface area contributed by atoms with E-state index >= 15 is 0 Å². The highest BCUT2D eigenvalue weighted by molar-refractivity contribution is 5.76. The molecule has 1 heterocycles. The van der Waals surface area contributed by atoms with Gasteiger partial charge in [-0.3, -0.25) is 4.79 Å². The van der Waals surface area contributed by atoms with E-state index in [2.05, 4.69) is 26.1 Å². The molecule has 1 atom stereocenters. The Morgan fingerprint density at radius 3 is 2.89 bits per heavy atom. The lowest BCUT2D eigenvalue weighted by Gasteiger charge is -2.04. The maximum absolute atomic E-state index is 11.4. The number of nitrogens with one attached hydrogen (secondary N) is 3. The van der Waals surface area contributed by atoms with Gasteiger partial charge < -0.3 is 25.1 Å². The normalized spacial score (nSPS) is 12.2. The van der Waals surface area contributed by atoms with Gasteiger partial charge >= 0.3 is 6.01 Å². The molecule has 8 nitrogen and oxygen atoms in total. The Morgan fingerprint density at radius 1 is 1.42 bits per heavy atom. The van der Waals surface area contributed by atoms with Crippen molar-refractivity contribution in [1.29, 1.82) is 0 Å². The van der Waals surface area contributed by atoms with E-state index in [1.807, 2.05) is 14.0 Å². The number of methoxy groups -OCH3 is 1. The monoisotopic (exact) mass is 271 g/mol. The molecule has 1 aromatic heterocycles. The van der Waals surface area contributed by atoms with E-state index < -0.39 is 0 Å². The van der Waals surface area contributed by atoms with Crippen LogP contribution < -0.4 is 16.0 Å². The quantitative estimate of drug-likeness (QED) is 0.540. The third kappa shape index (κ3) is 5.66. The number of amides is 1. The second kappa shape index (κ2) is 8.44. The van der Waals surface area contributed by atoms with Crippen LogP contribution >= 0.6 is 0 Å². The number of nitrogens with zero attached hydrogens (tertiary/aromatic N) is 2. The van der Waals surface area contributed by atoms with Crippen LogP contribution in [0.1, 0.15) is 25.3 Å². The Hall–Kier alpha value is -1.67. The molecule has 19 heavy (non-hydrogen) atoms. The predicted molar refractivity (Wildman–Crippen MR) is 69.8 cm³/mol. The highest BCUT2D eigenvalue weighted by Gasteiger charge is 2.11. The molecule has 0 aromatic carbocycles. The molecular weight excluding hydrogens is 250 g/mol. The van der Waals surface area contributed by atoms with Crippen molar-refractivity contribution in [2.45, 2.75) is 19.4 Å². The summed E-state index contributed by atoms with van der Waals surface area (Å²) in [6.45, 7) is 3.38. The first-order valence-electron chi connectivity index (χ1n) is 6.17. The number of rotatable bonds is 9. The molecule has 0 aliphatic rings. The second-order valence-electron chi connectivity index (χ2n) is 3.98. The Labute approximate surface area is 112 Å². The van der Waals surface area contributed by atoms with E-state index in [1.165, 1.54) is 0 Å². The molecule has 1 aromatic rings. The van der Waals surface area contributed by atoms with Gasteiger partial charge in [0.2, 0.25) is 11.8 Å². The van der Waals surface area contributed by atoms with Crippen LogP contribution in [0.2, 0.25) is 0 Å². The molecule has 108 valence electrons. The van der Waals surface area contributed by atoms with Crippen LogP contribution in [0.3, 0.4) is 0 Å². The fourth-order valence-corrected chi connectivity index (χ4v) is 1.27. The number of anilines is 1. The highest BCUT2D eigenvalue weighted by Crippen LogP contribution is 2.12. The lowest BCUT2D eigenvalue weighted by Crippen LogP contribution is -2.28. The average molecular weight is 271 g/mol. The molecule has 0 saturated carbocycles. The zero-order chi connectivity index (χ0) is 14.1. The van der Waals surface area contributed by atoms with Crippen LogP contribution in [0.4, 0.5) is 6.01 Å². The van der Waals surface area contributed by atoms with Crippen molar-refractivity contribution in [3.63, 3.8) is 0 Å². The Bertz CT molecular complexity index is 382. The van der Waals surface area contributed by atoms with Gasteiger partial charge in [0, 0.05) is 26.6 Å². The molecule has 0 saturated heterocycles. The highest BCUT2D eigenvalue weighted by atomic mass is 16.5. The molecule has 0 spiro atoms. The van der Waals surface area contributed by atoms with Crippen molar-refractivity contribution in [3.05, 3.63) is 5.89 Å². The number of carbonyl (C=O) groups is 1. The Balaban J connectivity index is 2.22. The van der Waals surface area contributed by atoms with Crippen molar-refractivity contribution in [2.24, 2.45) is 0 Å². The summed E-state index contributed by atoms with van der Waals surface area (Å²) in [5, 5.41) is 16.3. The van der Waals surface area contributed by atoms with Crippen LogP contribution in [0.5, 0.6) is 0 Å². The zero-order valence-corrected chi connectivity index (χ0v) is 11.5. The Kier molecular flexibility index (Phi) is 6.83. The van der Waals surface area contributed by atoms with Gasteiger partial charge in [0.15, 0.2) is 0 Å². The summed E-state index contributed by atoms with van der Waals surface area (Å²) in [6, 6.07) is 0.321. The predicted octanol–water partition coefficient (Wildman–Crippen LogP) is -0.0854. The maximum atomic E-state index is 11.4. The number of carbonyl (C=O) groups excluding carboxylic acids is 1. The minimum absolute atomic E-state index is 0.000363. The first kappa shape index (κ1) is 15.4. The number of aromatic nitrogens is 2. The molecule has 0 fully saturated rings. The standard InChI is InChI=1S/C11H21N5O3/c1-8(12-2)10-15-16-11(19-10)14-5-4-9(17)13-6-7-18-3/h8,12H,4-7H2,1-3H3,(H,13,17)(H,14,16). The molecule has 3 N–H and O–H groups in total. The summed E-state index contributed by atoms with van der Waals surface area (Å²) in [7, 11) is 3.40. The van der Waals surface area contributed by atoms with Gasteiger partial charge in [0.1, 0.15) is 0 Å². The first-order chi connectivity index (χ1) is 9.17. The smallest absolute Gasteiger partial charge is 0.315 e. The van der Waals surface area contributed by atoms with Gasteiger partial charge in [-0.1, -0.05) is 5.10 Å². The number of hydrogen-bond donors (Lipinski definition) is 3. The zero-order valence-electron chi connectivity index (χ0n) is 11.5. The second-order valence-corrected chi connectivity index (χ2v) is 3.98. The van der Waals surface area contributed by atoms with E-state index in [9.17, 15) is 4.79 Å². The van der Waals surface area contributed by atoms with Crippen molar-refractivity contribution in [1.82, 2.24) is 20.8 Å². The molecule has 1 unspecified atom stereocenters. The fourth-order valence-electron chi connectivity index (χ4n) is 1.27. The van der Waals surface area contributed by atoms with Gasteiger partial charge in [0.05, 0.1) is 12.6 Å². The fraction of sp³-hybridized carbons (Fsp3) is 0.727. The third-order valence-corrected chi connectivity index (χ3v) is 2.50. The van der Waals surface area contributed by atoms with Crippen LogP contribution in [-0.4, -0.2) is 50.0 Å². The van der Waals surface area contributed by atoms with E-state index in [1.54, 1.807) is 7.11 Å². The van der Waals surface area contributed by atoms with Crippen LogP contribution in [0, 0.1) is 0 Å². The van der Waals surface area contributed by atoms with Crippen LogP contribution in [0.15, 0.2) is 4.42 Å². The Morgan fingerprint density at radius 2 is 2.21 bits per heavy atom. The van der Waals surface area contributed by atoms with E-state index in [-0.39, 0.29) is 11.9 Å². The average Bonchev–Trinajstić information content (AvgIpc) is 2.87. The summed E-state index contributed by atoms with van der Waals surface area (Å²) in [5.41, 5.74) is 0. The van der Waals surface area contributed by atoms with Crippen molar-refractivity contribution >= 4 is 11.9 Å². The van der Waals surface area contributed by atoms with E-state index in [4.69, 9.17) is 9.15 Å². The van der Waals surface area contributed by atoms with Crippen molar-refractivity contribution < 1.29 is 13.9 Å². The summed E-state index contributed by atoms with van der Waals surface area (Å²) in [6.07, 6.45) is 0.336. The van der Waals surface area contributed by atoms with Gasteiger partial charge in [0.25, 0.3) is 0 Å². The lowest BCUT2D eigenvalue weighted by atomic mass is 10.3. The van der Waals surface area contributed by atoms with Crippen LogP contribution in [0.25, 0.3) is 0 Å².